The fourth-order valence-corrected chi connectivity index (χ4v) is 4.38. The topological polar surface area (TPSA) is 12.5 Å². The Morgan fingerprint density at radius 3 is 2.70 bits per heavy atom. The molecule has 4 heteroatoms. The highest BCUT2D eigenvalue weighted by Crippen LogP contribution is 2.31. The molecule has 0 spiro atoms. The minimum absolute atomic E-state index is 0. The van der Waals surface area contributed by atoms with Crippen molar-refractivity contribution < 1.29 is 4.74 Å². The number of fused-ring (bicyclic) bond motifs is 4. The molecule has 5 rings (SSSR count). The van der Waals surface area contributed by atoms with Crippen molar-refractivity contribution >= 4 is 33.8 Å². The molecule has 3 aliphatic heterocycles. The van der Waals surface area contributed by atoms with Gasteiger partial charge in [0.2, 0.25) is 0 Å². The van der Waals surface area contributed by atoms with Crippen molar-refractivity contribution in [3.8, 4) is 0 Å². The molecule has 0 saturated carbocycles. The van der Waals surface area contributed by atoms with E-state index in [1.165, 1.54) is 40.9 Å². The minimum Gasteiger partial charge on any atom is -0.371 e. The number of hydrogen-bond donors (Lipinski definition) is 0. The van der Waals surface area contributed by atoms with Crippen molar-refractivity contribution in [2.24, 2.45) is 5.92 Å². The molecule has 0 amide bonds. The van der Waals surface area contributed by atoms with Crippen LogP contribution in [0.1, 0.15) is 17.7 Å². The molecule has 4 heterocycles. The number of hydrogen-bond acceptors (Lipinski definition) is 3. The smallest absolute Gasteiger partial charge is 0.0814 e. The summed E-state index contributed by atoms with van der Waals surface area (Å²) in [5.41, 5.74) is 0. The molecule has 20 heavy (non-hydrogen) atoms. The number of thiophene rings is 1. The average molecular weight is 310 g/mol. The number of halogens is 1. The second-order valence-electron chi connectivity index (χ2n) is 5.74. The van der Waals surface area contributed by atoms with Crippen LogP contribution >= 0.6 is 23.7 Å². The van der Waals surface area contributed by atoms with Crippen molar-refractivity contribution in [1.29, 1.82) is 0 Å². The lowest BCUT2D eigenvalue weighted by atomic mass is 9.86. The van der Waals surface area contributed by atoms with Gasteiger partial charge in [-0.1, -0.05) is 18.2 Å². The molecule has 3 fully saturated rings. The summed E-state index contributed by atoms with van der Waals surface area (Å²) >= 11 is 1.87. The average Bonchev–Trinajstić information content (AvgIpc) is 2.89. The first-order valence-electron chi connectivity index (χ1n) is 7.20. The van der Waals surface area contributed by atoms with Gasteiger partial charge in [0.05, 0.1) is 12.7 Å². The predicted molar refractivity (Wildman–Crippen MR) is 86.8 cm³/mol. The Kier molecular flexibility index (Phi) is 4.32. The van der Waals surface area contributed by atoms with Crippen LogP contribution in [0.3, 0.4) is 0 Å². The standard InChI is InChI=1S/C16H19NOS.ClH/c1-2-4-16-13(3-1)9-14(19-16)11-18-15-10-17-7-5-12(15)6-8-17;/h1-4,9,12,15H,5-8,10-11H2;1H/t15-;/m1./s1. The van der Waals surface area contributed by atoms with E-state index in [0.29, 0.717) is 6.10 Å². The lowest BCUT2D eigenvalue weighted by molar-refractivity contribution is -0.0758. The van der Waals surface area contributed by atoms with Crippen molar-refractivity contribution in [2.75, 3.05) is 19.6 Å². The Bertz CT molecular complexity index is 544. The fourth-order valence-electron chi connectivity index (χ4n) is 3.40. The van der Waals surface area contributed by atoms with Crippen LogP contribution < -0.4 is 0 Å². The largest absolute Gasteiger partial charge is 0.371 e. The zero-order valence-corrected chi connectivity index (χ0v) is 13.1. The van der Waals surface area contributed by atoms with Crippen LogP contribution in [-0.2, 0) is 11.3 Å². The van der Waals surface area contributed by atoms with Crippen molar-refractivity contribution in [1.82, 2.24) is 4.90 Å². The van der Waals surface area contributed by atoms with E-state index in [0.717, 1.165) is 19.1 Å². The van der Waals surface area contributed by atoms with Gasteiger partial charge in [0, 0.05) is 16.1 Å². The van der Waals surface area contributed by atoms with Gasteiger partial charge in [-0.05, 0) is 49.4 Å². The first kappa shape index (κ1) is 14.3. The van der Waals surface area contributed by atoms with Gasteiger partial charge in [0.1, 0.15) is 0 Å². The summed E-state index contributed by atoms with van der Waals surface area (Å²) in [5, 5.41) is 1.35. The zero-order valence-electron chi connectivity index (χ0n) is 11.5. The molecule has 2 nitrogen and oxygen atoms in total. The number of piperidine rings is 3. The van der Waals surface area contributed by atoms with Gasteiger partial charge in [0.25, 0.3) is 0 Å². The third kappa shape index (κ3) is 2.73. The second kappa shape index (κ2) is 6.02. The van der Waals surface area contributed by atoms with E-state index in [2.05, 4.69) is 35.2 Å². The molecule has 3 saturated heterocycles. The van der Waals surface area contributed by atoms with Gasteiger partial charge in [-0.2, -0.15) is 0 Å². The summed E-state index contributed by atoms with van der Waals surface area (Å²) in [6, 6.07) is 10.9. The molecule has 2 aromatic rings. The molecular weight excluding hydrogens is 290 g/mol. The van der Waals surface area contributed by atoms with E-state index in [1.807, 2.05) is 11.3 Å². The van der Waals surface area contributed by atoms with Crippen LogP contribution in [0, 0.1) is 5.92 Å². The first-order valence-corrected chi connectivity index (χ1v) is 8.01. The molecule has 1 atom stereocenters. The maximum Gasteiger partial charge on any atom is 0.0814 e. The summed E-state index contributed by atoms with van der Waals surface area (Å²) < 4.78 is 7.57. The third-order valence-corrected chi connectivity index (χ3v) is 5.60. The fraction of sp³-hybridized carbons (Fsp3) is 0.500. The zero-order chi connectivity index (χ0) is 12.7. The number of rotatable bonds is 3. The molecule has 1 aromatic carbocycles. The maximum absolute atomic E-state index is 6.20. The lowest BCUT2D eigenvalue weighted by Gasteiger charge is -2.44. The van der Waals surface area contributed by atoms with Gasteiger partial charge in [-0.25, -0.2) is 0 Å². The molecular formula is C16H20ClNOS. The van der Waals surface area contributed by atoms with Gasteiger partial charge in [-0.3, -0.25) is 0 Å². The first-order chi connectivity index (χ1) is 9.38. The van der Waals surface area contributed by atoms with Crippen LogP contribution in [0.15, 0.2) is 30.3 Å². The quantitative estimate of drug-likeness (QED) is 0.851. The number of nitrogens with zero attached hydrogens (tertiary/aromatic N) is 1. The predicted octanol–water partition coefficient (Wildman–Crippen LogP) is 3.93. The summed E-state index contributed by atoms with van der Waals surface area (Å²) in [5.74, 6) is 0.805. The number of ether oxygens (including phenoxy) is 1. The normalized spacial score (nSPS) is 28.5. The molecule has 0 unspecified atom stereocenters. The molecule has 3 aliphatic rings. The summed E-state index contributed by atoms with van der Waals surface area (Å²) in [4.78, 5) is 3.91. The number of benzene rings is 1. The van der Waals surface area contributed by atoms with Crippen molar-refractivity contribution in [2.45, 2.75) is 25.6 Å². The highest BCUT2D eigenvalue weighted by Gasteiger charge is 2.34. The van der Waals surface area contributed by atoms with Gasteiger partial charge in [0.15, 0.2) is 0 Å². The summed E-state index contributed by atoms with van der Waals surface area (Å²) in [6.07, 6.45) is 3.13. The maximum atomic E-state index is 6.20. The highest BCUT2D eigenvalue weighted by molar-refractivity contribution is 7.19. The van der Waals surface area contributed by atoms with E-state index in [9.17, 15) is 0 Å². The Morgan fingerprint density at radius 1 is 1.20 bits per heavy atom. The van der Waals surface area contributed by atoms with Crippen LogP contribution in [-0.4, -0.2) is 30.6 Å². The Balaban J connectivity index is 0.00000121. The van der Waals surface area contributed by atoms with Crippen molar-refractivity contribution in [3.05, 3.63) is 35.2 Å². The van der Waals surface area contributed by atoms with Crippen molar-refractivity contribution in [3.63, 3.8) is 0 Å². The summed E-state index contributed by atoms with van der Waals surface area (Å²) in [6.45, 7) is 4.50. The minimum atomic E-state index is 0. The van der Waals surface area contributed by atoms with Gasteiger partial charge in [-0.15, -0.1) is 23.7 Å². The molecule has 0 N–H and O–H groups in total. The summed E-state index contributed by atoms with van der Waals surface area (Å²) in [7, 11) is 0. The van der Waals surface area contributed by atoms with Gasteiger partial charge >= 0.3 is 0 Å². The molecule has 0 aliphatic carbocycles. The molecule has 2 bridgehead atoms. The van der Waals surface area contributed by atoms with E-state index >= 15 is 0 Å². The van der Waals surface area contributed by atoms with Crippen LogP contribution in [0.25, 0.3) is 10.1 Å². The van der Waals surface area contributed by atoms with E-state index < -0.39 is 0 Å². The van der Waals surface area contributed by atoms with E-state index in [1.54, 1.807) is 0 Å². The third-order valence-electron chi connectivity index (χ3n) is 4.51. The molecule has 1 aromatic heterocycles. The van der Waals surface area contributed by atoms with E-state index in [4.69, 9.17) is 4.74 Å². The van der Waals surface area contributed by atoms with Crippen LogP contribution in [0.2, 0.25) is 0 Å². The Morgan fingerprint density at radius 2 is 2.00 bits per heavy atom. The van der Waals surface area contributed by atoms with Crippen LogP contribution in [0.5, 0.6) is 0 Å². The highest BCUT2D eigenvalue weighted by atomic mass is 35.5. The monoisotopic (exact) mass is 309 g/mol. The molecule has 108 valence electrons. The Hall–Kier alpha value is -0.610. The van der Waals surface area contributed by atoms with Gasteiger partial charge < -0.3 is 9.64 Å². The molecule has 0 radical (unpaired) electrons. The SMILES string of the molecule is Cl.c1ccc2sc(CO[C@@H]3CN4CCC3CC4)cc2c1. The second-order valence-corrected chi connectivity index (χ2v) is 6.91. The lowest BCUT2D eigenvalue weighted by Crippen LogP contribution is -2.51. The van der Waals surface area contributed by atoms with Crippen LogP contribution in [0.4, 0.5) is 0 Å². The Labute approximate surface area is 130 Å². The van der Waals surface area contributed by atoms with E-state index in [-0.39, 0.29) is 12.4 Å².